The fraction of sp³-hybridized carbons (Fsp3) is 0.500. The third-order valence-electron chi connectivity index (χ3n) is 5.41. The zero-order valence-electron chi connectivity index (χ0n) is 14.9. The second-order valence-corrected chi connectivity index (χ2v) is 7.51. The normalized spacial score (nSPS) is 21.2. The van der Waals surface area contributed by atoms with Crippen molar-refractivity contribution in [2.75, 3.05) is 0 Å². The minimum atomic E-state index is -0.120. The van der Waals surface area contributed by atoms with Crippen LogP contribution in [0.5, 0.6) is 5.75 Å². The standard InChI is InChI=1S/C20H25N3O2/c1-14(2)23-17(9-12-21-23)19(24)22-16-13-20(10-5-6-11-20)25-18-8-4-3-7-15(16)18/h3-4,7-9,12,14,16H,5-6,10-11,13H2,1-2H3,(H,22,24)/t16-/m0/s1. The number of carbonyl (C=O) groups excluding carboxylic acids is 1. The van der Waals surface area contributed by atoms with Crippen molar-refractivity contribution in [3.8, 4) is 5.75 Å². The van der Waals surface area contributed by atoms with Gasteiger partial charge in [0.25, 0.3) is 5.91 Å². The summed E-state index contributed by atoms with van der Waals surface area (Å²) < 4.78 is 8.15. The predicted octanol–water partition coefficient (Wildman–Crippen LogP) is 4.03. The molecule has 0 unspecified atom stereocenters. The van der Waals surface area contributed by atoms with Crippen LogP contribution in [0.4, 0.5) is 0 Å². The second-order valence-electron chi connectivity index (χ2n) is 7.51. The highest BCUT2D eigenvalue weighted by Crippen LogP contribution is 2.47. The zero-order valence-corrected chi connectivity index (χ0v) is 14.9. The summed E-state index contributed by atoms with van der Waals surface area (Å²) in [5.41, 5.74) is 1.56. The Morgan fingerprint density at radius 2 is 2.04 bits per heavy atom. The van der Waals surface area contributed by atoms with Crippen LogP contribution in [0.1, 0.15) is 74.1 Å². The second kappa shape index (κ2) is 6.21. The van der Waals surface area contributed by atoms with Crippen molar-refractivity contribution in [1.82, 2.24) is 15.1 Å². The van der Waals surface area contributed by atoms with Crippen molar-refractivity contribution in [1.29, 1.82) is 0 Å². The Kier molecular flexibility index (Phi) is 4.02. The number of nitrogens with zero attached hydrogens (tertiary/aromatic N) is 2. The molecule has 2 aliphatic rings. The van der Waals surface area contributed by atoms with E-state index < -0.39 is 0 Å². The Morgan fingerprint density at radius 3 is 2.80 bits per heavy atom. The van der Waals surface area contributed by atoms with Crippen LogP contribution in [0, 0.1) is 0 Å². The van der Waals surface area contributed by atoms with Gasteiger partial charge in [0.05, 0.1) is 6.04 Å². The van der Waals surface area contributed by atoms with Crippen molar-refractivity contribution in [3.63, 3.8) is 0 Å². The van der Waals surface area contributed by atoms with E-state index in [1.807, 2.05) is 32.0 Å². The van der Waals surface area contributed by atoms with Crippen molar-refractivity contribution in [3.05, 3.63) is 47.8 Å². The van der Waals surface area contributed by atoms with Crippen molar-refractivity contribution < 1.29 is 9.53 Å². The molecule has 1 atom stereocenters. The topological polar surface area (TPSA) is 56.2 Å². The van der Waals surface area contributed by atoms with E-state index in [4.69, 9.17) is 4.74 Å². The van der Waals surface area contributed by atoms with Gasteiger partial charge >= 0.3 is 0 Å². The molecular weight excluding hydrogens is 314 g/mol. The Balaban J connectivity index is 1.62. The number of rotatable bonds is 3. The molecule has 5 heteroatoms. The number of fused-ring (bicyclic) bond motifs is 1. The minimum Gasteiger partial charge on any atom is -0.487 e. The first-order valence-electron chi connectivity index (χ1n) is 9.20. The lowest BCUT2D eigenvalue weighted by molar-refractivity contribution is 0.0359. The van der Waals surface area contributed by atoms with Crippen LogP contribution in [-0.4, -0.2) is 21.3 Å². The fourth-order valence-electron chi connectivity index (χ4n) is 4.21. The number of carbonyl (C=O) groups is 1. The largest absolute Gasteiger partial charge is 0.487 e. The van der Waals surface area contributed by atoms with E-state index >= 15 is 0 Å². The third kappa shape index (κ3) is 2.92. The Bertz CT molecular complexity index is 775. The van der Waals surface area contributed by atoms with E-state index in [9.17, 15) is 4.79 Å². The number of para-hydroxylation sites is 1. The van der Waals surface area contributed by atoms with Gasteiger partial charge in [0.15, 0.2) is 0 Å². The van der Waals surface area contributed by atoms with Crippen molar-refractivity contribution in [2.45, 2.75) is 63.6 Å². The summed E-state index contributed by atoms with van der Waals surface area (Å²) in [7, 11) is 0. The summed E-state index contributed by atoms with van der Waals surface area (Å²) in [5, 5.41) is 7.52. The van der Waals surface area contributed by atoms with Crippen LogP contribution >= 0.6 is 0 Å². The summed E-state index contributed by atoms with van der Waals surface area (Å²) in [6.07, 6.45) is 7.05. The average molecular weight is 339 g/mol. The van der Waals surface area contributed by atoms with Gasteiger partial charge in [-0.05, 0) is 51.7 Å². The molecule has 1 saturated carbocycles. The number of benzene rings is 1. The van der Waals surface area contributed by atoms with Crippen LogP contribution < -0.4 is 10.1 Å². The van der Waals surface area contributed by atoms with Crippen LogP contribution in [0.15, 0.2) is 36.5 Å². The van der Waals surface area contributed by atoms with Gasteiger partial charge in [0, 0.05) is 24.2 Å². The van der Waals surface area contributed by atoms with E-state index in [1.54, 1.807) is 16.9 Å². The van der Waals surface area contributed by atoms with Gasteiger partial charge in [0.2, 0.25) is 0 Å². The molecule has 2 aromatic rings. The highest BCUT2D eigenvalue weighted by molar-refractivity contribution is 5.92. The van der Waals surface area contributed by atoms with Gasteiger partial charge in [-0.25, -0.2) is 0 Å². The number of aromatic nitrogens is 2. The number of hydrogen-bond donors (Lipinski definition) is 1. The van der Waals surface area contributed by atoms with Crippen LogP contribution in [-0.2, 0) is 0 Å². The molecule has 4 rings (SSSR count). The number of nitrogens with one attached hydrogen (secondary N) is 1. The minimum absolute atomic E-state index is 0.0222. The molecule has 2 heterocycles. The molecule has 0 radical (unpaired) electrons. The third-order valence-corrected chi connectivity index (χ3v) is 5.41. The smallest absolute Gasteiger partial charge is 0.270 e. The monoisotopic (exact) mass is 339 g/mol. The summed E-state index contributed by atoms with van der Waals surface area (Å²) in [6.45, 7) is 4.06. The first-order chi connectivity index (χ1) is 12.1. The zero-order chi connectivity index (χ0) is 17.4. The highest BCUT2D eigenvalue weighted by Gasteiger charge is 2.43. The van der Waals surface area contributed by atoms with Gasteiger partial charge < -0.3 is 10.1 Å². The molecule has 132 valence electrons. The molecule has 1 fully saturated rings. The first kappa shape index (κ1) is 16.2. The maximum Gasteiger partial charge on any atom is 0.270 e. The molecule has 5 nitrogen and oxygen atoms in total. The van der Waals surface area contributed by atoms with Gasteiger partial charge in [-0.15, -0.1) is 0 Å². The van der Waals surface area contributed by atoms with Crippen LogP contribution in [0.25, 0.3) is 0 Å². The maximum absolute atomic E-state index is 12.9. The molecule has 25 heavy (non-hydrogen) atoms. The number of hydrogen-bond acceptors (Lipinski definition) is 3. The van der Waals surface area contributed by atoms with Gasteiger partial charge in [0.1, 0.15) is 17.0 Å². The predicted molar refractivity (Wildman–Crippen MR) is 95.7 cm³/mol. The molecule has 1 aliphatic heterocycles. The summed E-state index contributed by atoms with van der Waals surface area (Å²) >= 11 is 0. The van der Waals surface area contributed by atoms with Gasteiger partial charge in [-0.3, -0.25) is 9.48 Å². The average Bonchev–Trinajstić information content (AvgIpc) is 3.24. The highest BCUT2D eigenvalue weighted by atomic mass is 16.5. The SMILES string of the molecule is CC(C)n1nccc1C(=O)N[C@H]1CC2(CCCC2)Oc2ccccc21. The van der Waals surface area contributed by atoms with Crippen LogP contribution in [0.2, 0.25) is 0 Å². The first-order valence-corrected chi connectivity index (χ1v) is 9.20. The molecule has 0 bridgehead atoms. The Labute approximate surface area is 148 Å². The molecule has 1 aliphatic carbocycles. The van der Waals surface area contributed by atoms with Crippen molar-refractivity contribution in [2.24, 2.45) is 0 Å². The lowest BCUT2D eigenvalue weighted by atomic mass is 9.86. The molecule has 1 spiro atoms. The van der Waals surface area contributed by atoms with E-state index in [-0.39, 0.29) is 23.6 Å². The Hall–Kier alpha value is -2.30. The molecule has 1 aromatic carbocycles. The summed E-state index contributed by atoms with van der Waals surface area (Å²) in [4.78, 5) is 12.9. The number of amides is 1. The molecule has 1 aromatic heterocycles. The van der Waals surface area contributed by atoms with Gasteiger partial charge in [-0.1, -0.05) is 18.2 Å². The van der Waals surface area contributed by atoms with E-state index in [2.05, 4.69) is 16.5 Å². The molecule has 1 N–H and O–H groups in total. The summed E-state index contributed by atoms with van der Waals surface area (Å²) in [5.74, 6) is 0.847. The summed E-state index contributed by atoms with van der Waals surface area (Å²) in [6, 6.07) is 10.00. The van der Waals surface area contributed by atoms with Gasteiger partial charge in [-0.2, -0.15) is 5.10 Å². The van der Waals surface area contributed by atoms with Crippen molar-refractivity contribution >= 4 is 5.91 Å². The Morgan fingerprint density at radius 1 is 1.28 bits per heavy atom. The molecule has 0 saturated heterocycles. The number of ether oxygens (including phenoxy) is 1. The lowest BCUT2D eigenvalue weighted by Crippen LogP contribution is -2.43. The molecule has 1 amide bonds. The maximum atomic E-state index is 12.9. The quantitative estimate of drug-likeness (QED) is 0.918. The van der Waals surface area contributed by atoms with E-state index in [0.717, 1.165) is 30.6 Å². The van der Waals surface area contributed by atoms with E-state index in [1.165, 1.54) is 12.8 Å². The van der Waals surface area contributed by atoms with Crippen LogP contribution in [0.3, 0.4) is 0 Å². The fourth-order valence-corrected chi connectivity index (χ4v) is 4.21. The van der Waals surface area contributed by atoms with E-state index in [0.29, 0.717) is 5.69 Å². The lowest BCUT2D eigenvalue weighted by Gasteiger charge is -2.40. The molecular formula is C20H25N3O2.